The smallest absolute Gasteiger partial charge is 0.0223 e. The van der Waals surface area contributed by atoms with Gasteiger partial charge in [0.05, 0.1) is 0 Å². The highest BCUT2D eigenvalue weighted by atomic mass is 14.5. The summed E-state index contributed by atoms with van der Waals surface area (Å²) in [5.41, 5.74) is 5.08. The minimum absolute atomic E-state index is 0.425. The lowest BCUT2D eigenvalue weighted by atomic mass is 9.73. The van der Waals surface area contributed by atoms with E-state index in [2.05, 4.69) is 30.3 Å². The second kappa shape index (κ2) is 7.93. The van der Waals surface area contributed by atoms with E-state index in [1.54, 1.807) is 0 Å². The van der Waals surface area contributed by atoms with E-state index in [1.165, 1.54) is 36.0 Å². The van der Waals surface area contributed by atoms with Gasteiger partial charge in [0.2, 0.25) is 0 Å². The Labute approximate surface area is 118 Å². The van der Waals surface area contributed by atoms with Crippen LogP contribution in [0.25, 0.3) is 5.57 Å². The molecule has 1 unspecified atom stereocenters. The largest absolute Gasteiger partial charge is 0.309 e. The van der Waals surface area contributed by atoms with Crippen molar-refractivity contribution in [2.45, 2.75) is 53.4 Å². The molecular formula is C18H27N. The number of allylic oxidation sites excluding steroid dienone is 2. The van der Waals surface area contributed by atoms with Gasteiger partial charge < -0.3 is 5.41 Å². The zero-order valence-electron chi connectivity index (χ0n) is 12.8. The van der Waals surface area contributed by atoms with Gasteiger partial charge in [-0.25, -0.2) is 0 Å². The molecule has 1 aromatic rings. The van der Waals surface area contributed by atoms with Crippen molar-refractivity contribution in [2.24, 2.45) is 5.92 Å². The van der Waals surface area contributed by atoms with Crippen LogP contribution in [-0.2, 0) is 6.42 Å². The van der Waals surface area contributed by atoms with E-state index in [-0.39, 0.29) is 0 Å². The second-order valence-electron chi connectivity index (χ2n) is 4.50. The van der Waals surface area contributed by atoms with E-state index in [0.29, 0.717) is 5.92 Å². The van der Waals surface area contributed by atoms with Gasteiger partial charge in [0.1, 0.15) is 0 Å². The number of rotatable bonds is 0. The molecule has 0 amide bonds. The summed E-state index contributed by atoms with van der Waals surface area (Å²) in [6.07, 6.45) is 6.82. The Bertz CT molecular complexity index is 443. The molecule has 1 heteroatoms. The van der Waals surface area contributed by atoms with Crippen LogP contribution in [0.2, 0.25) is 0 Å². The van der Waals surface area contributed by atoms with Gasteiger partial charge in [-0.1, -0.05) is 58.0 Å². The minimum atomic E-state index is 0.425. The first kappa shape index (κ1) is 15.7. The number of benzene rings is 1. The Morgan fingerprint density at radius 1 is 1.05 bits per heavy atom. The van der Waals surface area contributed by atoms with Crippen LogP contribution >= 0.6 is 0 Å². The quantitative estimate of drug-likeness (QED) is 0.634. The van der Waals surface area contributed by atoms with Gasteiger partial charge in [-0.05, 0) is 36.0 Å². The van der Waals surface area contributed by atoms with Gasteiger partial charge in [0.15, 0.2) is 0 Å². The van der Waals surface area contributed by atoms with Crippen LogP contribution in [0, 0.1) is 11.3 Å². The average Bonchev–Trinajstić information content (AvgIpc) is 2.52. The first-order valence-corrected chi connectivity index (χ1v) is 7.72. The zero-order valence-corrected chi connectivity index (χ0v) is 12.8. The van der Waals surface area contributed by atoms with Crippen LogP contribution in [0.1, 0.15) is 58.1 Å². The molecule has 1 nitrogen and oxygen atoms in total. The van der Waals surface area contributed by atoms with E-state index in [9.17, 15) is 0 Å². The summed E-state index contributed by atoms with van der Waals surface area (Å²) in [5, 5.41) is 8.10. The molecular weight excluding hydrogens is 230 g/mol. The molecule has 0 saturated carbocycles. The monoisotopic (exact) mass is 257 g/mol. The van der Waals surface area contributed by atoms with Crippen molar-refractivity contribution in [2.75, 3.05) is 0 Å². The molecule has 0 spiro atoms. The number of nitrogens with one attached hydrogen (secondary N) is 1. The molecule has 0 saturated heterocycles. The van der Waals surface area contributed by atoms with Crippen molar-refractivity contribution >= 4 is 11.3 Å². The lowest BCUT2D eigenvalue weighted by molar-refractivity contribution is 0.656. The fourth-order valence-electron chi connectivity index (χ4n) is 2.82. The molecule has 0 aromatic heterocycles. The Balaban J connectivity index is 0.000000415. The van der Waals surface area contributed by atoms with Gasteiger partial charge in [0.25, 0.3) is 0 Å². The van der Waals surface area contributed by atoms with Crippen LogP contribution in [0.3, 0.4) is 0 Å². The normalized spacial score (nSPS) is 19.7. The van der Waals surface area contributed by atoms with Crippen molar-refractivity contribution in [3.63, 3.8) is 0 Å². The summed E-state index contributed by atoms with van der Waals surface area (Å²) >= 11 is 0. The average molecular weight is 257 g/mol. The second-order valence-corrected chi connectivity index (χ2v) is 4.50. The number of fused-ring (bicyclic) bond motifs is 3. The molecule has 2 aliphatic rings. The summed E-state index contributed by atoms with van der Waals surface area (Å²) in [4.78, 5) is 0. The first-order valence-electron chi connectivity index (χ1n) is 7.72. The third kappa shape index (κ3) is 3.34. The molecule has 19 heavy (non-hydrogen) atoms. The first-order chi connectivity index (χ1) is 9.36. The van der Waals surface area contributed by atoms with Gasteiger partial charge in [-0.2, -0.15) is 0 Å². The fraction of sp³-hybridized carbons (Fsp3) is 0.500. The van der Waals surface area contributed by atoms with Crippen LogP contribution in [0.5, 0.6) is 0 Å². The molecule has 1 N–H and O–H groups in total. The Hall–Kier alpha value is -1.37. The molecule has 104 valence electrons. The number of hydrogen-bond acceptors (Lipinski definition) is 1. The highest BCUT2D eigenvalue weighted by molar-refractivity contribution is 6.00. The molecule has 1 atom stereocenters. The Morgan fingerprint density at radius 2 is 1.74 bits per heavy atom. The highest BCUT2D eigenvalue weighted by Crippen LogP contribution is 2.39. The minimum Gasteiger partial charge on any atom is -0.309 e. The van der Waals surface area contributed by atoms with Gasteiger partial charge in [0, 0.05) is 18.1 Å². The molecule has 0 heterocycles. The van der Waals surface area contributed by atoms with E-state index < -0.39 is 0 Å². The molecule has 2 aliphatic carbocycles. The van der Waals surface area contributed by atoms with Crippen molar-refractivity contribution in [3.8, 4) is 0 Å². The lowest BCUT2D eigenvalue weighted by Crippen LogP contribution is -2.25. The van der Waals surface area contributed by atoms with Gasteiger partial charge in [-0.15, -0.1) is 0 Å². The zero-order chi connectivity index (χ0) is 14.3. The molecule has 0 fully saturated rings. The maximum Gasteiger partial charge on any atom is 0.0223 e. The van der Waals surface area contributed by atoms with Crippen LogP contribution in [-0.4, -0.2) is 5.71 Å². The fourth-order valence-corrected chi connectivity index (χ4v) is 2.82. The standard InChI is InChI=1S/C14H15N.2C2H6/c15-14-9-10-5-1-2-6-11(10)12-7-3-4-8-13(12)14;2*1-2/h1-2,5-7,13,15H,3-4,8-9H2;2*1-2H3. The Morgan fingerprint density at radius 3 is 2.47 bits per heavy atom. The van der Waals surface area contributed by atoms with Crippen LogP contribution in [0.15, 0.2) is 30.3 Å². The summed E-state index contributed by atoms with van der Waals surface area (Å²) < 4.78 is 0. The molecule has 3 rings (SSSR count). The van der Waals surface area contributed by atoms with E-state index in [4.69, 9.17) is 5.41 Å². The lowest BCUT2D eigenvalue weighted by Gasteiger charge is -2.31. The van der Waals surface area contributed by atoms with Gasteiger partial charge in [-0.3, -0.25) is 0 Å². The van der Waals surface area contributed by atoms with Crippen molar-refractivity contribution in [1.82, 2.24) is 0 Å². The summed E-state index contributed by atoms with van der Waals surface area (Å²) in [6.45, 7) is 8.00. The predicted octanol–water partition coefficient (Wildman–Crippen LogP) is 5.50. The van der Waals surface area contributed by atoms with Gasteiger partial charge >= 0.3 is 0 Å². The third-order valence-electron chi connectivity index (χ3n) is 3.57. The van der Waals surface area contributed by atoms with E-state index in [1.807, 2.05) is 27.7 Å². The predicted molar refractivity (Wildman–Crippen MR) is 85.9 cm³/mol. The third-order valence-corrected chi connectivity index (χ3v) is 3.57. The molecule has 1 aromatic carbocycles. The summed E-state index contributed by atoms with van der Waals surface area (Å²) in [7, 11) is 0. The van der Waals surface area contributed by atoms with E-state index in [0.717, 1.165) is 12.1 Å². The topological polar surface area (TPSA) is 23.9 Å². The van der Waals surface area contributed by atoms with Crippen LogP contribution in [0.4, 0.5) is 0 Å². The summed E-state index contributed by atoms with van der Waals surface area (Å²) in [5.74, 6) is 0.425. The SMILES string of the molecule is CC.CC.N=C1Cc2ccccc2C2=CCCCC12. The van der Waals surface area contributed by atoms with Crippen molar-refractivity contribution < 1.29 is 0 Å². The van der Waals surface area contributed by atoms with Crippen LogP contribution < -0.4 is 0 Å². The molecule has 0 bridgehead atoms. The van der Waals surface area contributed by atoms with E-state index >= 15 is 0 Å². The molecule has 0 radical (unpaired) electrons. The molecule has 0 aliphatic heterocycles. The highest BCUT2D eigenvalue weighted by Gasteiger charge is 2.28. The maximum absolute atomic E-state index is 8.10. The summed E-state index contributed by atoms with van der Waals surface area (Å²) in [6, 6.07) is 8.57. The van der Waals surface area contributed by atoms with Crippen molar-refractivity contribution in [1.29, 1.82) is 5.41 Å². The number of hydrogen-bond donors (Lipinski definition) is 1. The Kier molecular flexibility index (Phi) is 6.55. The van der Waals surface area contributed by atoms with Crippen molar-refractivity contribution in [3.05, 3.63) is 41.5 Å². The maximum atomic E-state index is 8.10.